The van der Waals surface area contributed by atoms with Gasteiger partial charge in [-0.2, -0.15) is 0 Å². The molecule has 0 unspecified atom stereocenters. The number of fused-ring (bicyclic) bond motifs is 1. The van der Waals surface area contributed by atoms with Crippen LogP contribution < -0.4 is 10.2 Å². The van der Waals surface area contributed by atoms with E-state index in [0.29, 0.717) is 0 Å². The first-order valence-corrected chi connectivity index (χ1v) is 10.1. The third-order valence-corrected chi connectivity index (χ3v) is 5.45. The van der Waals surface area contributed by atoms with Crippen LogP contribution in [0.5, 0.6) is 0 Å². The molecule has 0 bridgehead atoms. The summed E-state index contributed by atoms with van der Waals surface area (Å²) in [6, 6.07) is 8.60. The molecular formula is C21H32N4O. The van der Waals surface area contributed by atoms with Gasteiger partial charge in [0.1, 0.15) is 0 Å². The highest BCUT2D eigenvalue weighted by Crippen LogP contribution is 2.27. The van der Waals surface area contributed by atoms with E-state index in [9.17, 15) is 4.79 Å². The van der Waals surface area contributed by atoms with Crippen molar-refractivity contribution in [2.75, 3.05) is 18.0 Å². The topological polar surface area (TPSA) is 50.2 Å². The summed E-state index contributed by atoms with van der Waals surface area (Å²) in [6.07, 6.45) is 5.27. The fraction of sp³-hybridized carbons (Fsp3) is 0.619. The number of hydrogen-bond donors (Lipinski definition) is 1. The number of imidazole rings is 1. The van der Waals surface area contributed by atoms with Crippen molar-refractivity contribution >= 4 is 22.9 Å². The van der Waals surface area contributed by atoms with Crippen LogP contribution in [0.4, 0.5) is 5.95 Å². The molecule has 1 fully saturated rings. The first-order valence-electron chi connectivity index (χ1n) is 10.1. The van der Waals surface area contributed by atoms with Crippen molar-refractivity contribution in [2.45, 2.75) is 65.5 Å². The van der Waals surface area contributed by atoms with Gasteiger partial charge in [0.15, 0.2) is 0 Å². The van der Waals surface area contributed by atoms with Gasteiger partial charge in [-0.25, -0.2) is 4.98 Å². The summed E-state index contributed by atoms with van der Waals surface area (Å²) in [7, 11) is 0. The Balaban J connectivity index is 1.82. The van der Waals surface area contributed by atoms with E-state index in [2.05, 4.69) is 53.8 Å². The minimum absolute atomic E-state index is 0.0530. The number of benzene rings is 1. The van der Waals surface area contributed by atoms with Gasteiger partial charge in [0.2, 0.25) is 11.9 Å². The molecule has 3 rings (SSSR count). The molecule has 5 heteroatoms. The maximum Gasteiger partial charge on any atom is 0.225 e. The van der Waals surface area contributed by atoms with Crippen LogP contribution in [0, 0.1) is 5.92 Å². The number of anilines is 1. The molecule has 1 N–H and O–H groups in total. The van der Waals surface area contributed by atoms with Crippen molar-refractivity contribution in [1.82, 2.24) is 14.9 Å². The summed E-state index contributed by atoms with van der Waals surface area (Å²) in [4.78, 5) is 19.8. The van der Waals surface area contributed by atoms with Gasteiger partial charge in [-0.15, -0.1) is 0 Å². The lowest BCUT2D eigenvalue weighted by molar-refractivity contribution is -0.125. The Labute approximate surface area is 156 Å². The van der Waals surface area contributed by atoms with E-state index >= 15 is 0 Å². The Bertz CT molecular complexity index is 739. The van der Waals surface area contributed by atoms with Gasteiger partial charge in [-0.05, 0) is 44.7 Å². The van der Waals surface area contributed by atoms with Crippen molar-refractivity contribution < 1.29 is 4.79 Å². The van der Waals surface area contributed by atoms with Gasteiger partial charge < -0.3 is 14.8 Å². The first kappa shape index (κ1) is 18.7. The van der Waals surface area contributed by atoms with Crippen LogP contribution in [0.2, 0.25) is 0 Å². The number of aromatic nitrogens is 2. The molecule has 1 saturated heterocycles. The Morgan fingerprint density at radius 2 is 2.15 bits per heavy atom. The maximum atomic E-state index is 12.6. The van der Waals surface area contributed by atoms with Crippen LogP contribution >= 0.6 is 0 Å². The van der Waals surface area contributed by atoms with E-state index in [1.54, 1.807) is 0 Å². The highest BCUT2D eigenvalue weighted by atomic mass is 16.2. The number of aryl methyl sites for hydroxylation is 1. The second-order valence-corrected chi connectivity index (χ2v) is 7.51. The highest BCUT2D eigenvalue weighted by molar-refractivity contribution is 5.81. The Morgan fingerprint density at radius 1 is 1.35 bits per heavy atom. The predicted octanol–water partition coefficient (Wildman–Crippen LogP) is 3.97. The largest absolute Gasteiger partial charge is 0.353 e. The molecule has 2 aromatic rings. The molecule has 1 aliphatic heterocycles. The lowest BCUT2D eigenvalue weighted by atomic mass is 9.97. The summed E-state index contributed by atoms with van der Waals surface area (Å²) in [5, 5.41) is 3.15. The minimum atomic E-state index is 0.0530. The predicted molar refractivity (Wildman–Crippen MR) is 107 cm³/mol. The van der Waals surface area contributed by atoms with Crippen molar-refractivity contribution in [3.63, 3.8) is 0 Å². The van der Waals surface area contributed by atoms with Gasteiger partial charge in [-0.3, -0.25) is 4.79 Å². The molecule has 0 radical (unpaired) electrons. The molecule has 1 aliphatic rings. The number of hydrogen-bond acceptors (Lipinski definition) is 3. The van der Waals surface area contributed by atoms with Crippen LogP contribution in [0.15, 0.2) is 24.3 Å². The lowest BCUT2D eigenvalue weighted by Crippen LogP contribution is -2.46. The quantitative estimate of drug-likeness (QED) is 0.817. The maximum absolute atomic E-state index is 12.6. The van der Waals surface area contributed by atoms with Gasteiger partial charge in [0.25, 0.3) is 0 Å². The highest BCUT2D eigenvalue weighted by Gasteiger charge is 2.29. The standard InChI is InChI=1S/C21H32N4O/c1-4-6-14-25-19-12-8-7-11-18(19)23-21(25)24-13-9-10-17(15-24)20(26)22-16(3)5-2/h7-8,11-12,16-17H,4-6,9-10,13-15H2,1-3H3,(H,22,26)/t16-,17+/m1/s1. The molecule has 0 aliphatic carbocycles. The average Bonchev–Trinajstić information content (AvgIpc) is 3.05. The number of amides is 1. The molecular weight excluding hydrogens is 324 g/mol. The molecule has 2 atom stereocenters. The number of rotatable bonds is 7. The van der Waals surface area contributed by atoms with Crippen molar-refractivity contribution in [3.05, 3.63) is 24.3 Å². The van der Waals surface area contributed by atoms with E-state index < -0.39 is 0 Å². The van der Waals surface area contributed by atoms with Gasteiger partial charge in [-0.1, -0.05) is 32.4 Å². The number of piperidine rings is 1. The fourth-order valence-electron chi connectivity index (χ4n) is 3.68. The first-order chi connectivity index (χ1) is 12.6. The molecule has 0 saturated carbocycles. The normalized spacial score (nSPS) is 18.9. The third-order valence-electron chi connectivity index (χ3n) is 5.45. The molecule has 1 amide bonds. The molecule has 142 valence electrons. The molecule has 2 heterocycles. The van der Waals surface area contributed by atoms with Crippen LogP contribution in [-0.2, 0) is 11.3 Å². The van der Waals surface area contributed by atoms with Gasteiger partial charge >= 0.3 is 0 Å². The Morgan fingerprint density at radius 3 is 2.92 bits per heavy atom. The SMILES string of the molecule is CCCCn1c(N2CCC[C@H](C(=O)N[C@H](C)CC)C2)nc2ccccc21. The second kappa shape index (κ2) is 8.56. The number of para-hydroxylation sites is 2. The minimum Gasteiger partial charge on any atom is -0.353 e. The van der Waals surface area contributed by atoms with E-state index in [0.717, 1.165) is 63.2 Å². The zero-order valence-electron chi connectivity index (χ0n) is 16.4. The van der Waals surface area contributed by atoms with Crippen molar-refractivity contribution in [1.29, 1.82) is 0 Å². The van der Waals surface area contributed by atoms with Crippen LogP contribution in [0.3, 0.4) is 0 Å². The van der Waals surface area contributed by atoms with Crippen LogP contribution in [-0.4, -0.2) is 34.6 Å². The van der Waals surface area contributed by atoms with Gasteiger partial charge in [0, 0.05) is 25.7 Å². The smallest absolute Gasteiger partial charge is 0.225 e. The van der Waals surface area contributed by atoms with Crippen molar-refractivity contribution in [2.24, 2.45) is 5.92 Å². The summed E-state index contributed by atoms with van der Waals surface area (Å²) in [5.74, 6) is 1.28. The van der Waals surface area contributed by atoms with Crippen LogP contribution in [0.25, 0.3) is 11.0 Å². The number of nitrogens with one attached hydrogen (secondary N) is 1. The van der Waals surface area contributed by atoms with Gasteiger partial charge in [0.05, 0.1) is 17.0 Å². The molecule has 1 aromatic heterocycles. The summed E-state index contributed by atoms with van der Waals surface area (Å²) in [5.41, 5.74) is 2.24. The third kappa shape index (κ3) is 4.02. The van der Waals surface area contributed by atoms with E-state index in [4.69, 9.17) is 4.98 Å². The molecule has 1 aromatic carbocycles. The average molecular weight is 357 g/mol. The monoisotopic (exact) mass is 356 g/mol. The Hall–Kier alpha value is -2.04. The van der Waals surface area contributed by atoms with E-state index in [1.165, 1.54) is 5.52 Å². The van der Waals surface area contributed by atoms with E-state index in [1.807, 2.05) is 6.07 Å². The Kier molecular flexibility index (Phi) is 6.17. The summed E-state index contributed by atoms with van der Waals surface area (Å²) in [6.45, 7) is 9.11. The van der Waals surface area contributed by atoms with E-state index in [-0.39, 0.29) is 17.9 Å². The molecule has 26 heavy (non-hydrogen) atoms. The lowest BCUT2D eigenvalue weighted by Gasteiger charge is -2.33. The fourth-order valence-corrected chi connectivity index (χ4v) is 3.68. The number of unbranched alkanes of at least 4 members (excludes halogenated alkanes) is 1. The second-order valence-electron chi connectivity index (χ2n) is 7.51. The number of carbonyl (C=O) groups is 1. The van der Waals surface area contributed by atoms with Crippen LogP contribution in [0.1, 0.15) is 52.9 Å². The molecule has 5 nitrogen and oxygen atoms in total. The zero-order valence-corrected chi connectivity index (χ0v) is 16.4. The summed E-state index contributed by atoms with van der Waals surface area (Å²) >= 11 is 0. The molecule has 0 spiro atoms. The van der Waals surface area contributed by atoms with Crippen molar-refractivity contribution in [3.8, 4) is 0 Å². The zero-order chi connectivity index (χ0) is 18.5. The number of nitrogens with zero attached hydrogens (tertiary/aromatic N) is 3. The summed E-state index contributed by atoms with van der Waals surface area (Å²) < 4.78 is 2.34. The number of carbonyl (C=O) groups excluding carboxylic acids is 1.